The minimum absolute atomic E-state index is 0.0987. The second kappa shape index (κ2) is 43.0. The van der Waals surface area contributed by atoms with E-state index in [-0.39, 0.29) is 17.8 Å². The summed E-state index contributed by atoms with van der Waals surface area (Å²) in [6, 6.07) is 0. The van der Waals surface area contributed by atoms with E-state index < -0.39 is 0 Å². The van der Waals surface area contributed by atoms with Crippen LogP contribution in [0.1, 0.15) is 219 Å². The van der Waals surface area contributed by atoms with Crippen molar-refractivity contribution >= 4 is 17.8 Å². The summed E-state index contributed by atoms with van der Waals surface area (Å²) in [6.07, 6.45) is 44.2. The molecule has 0 rings (SSSR count). The lowest BCUT2D eigenvalue weighted by Crippen LogP contribution is -2.33. The van der Waals surface area contributed by atoms with Crippen molar-refractivity contribution in [3.8, 4) is 0 Å². The largest absolute Gasteiger partial charge is 0.461 e. The zero-order chi connectivity index (χ0) is 40.3. The lowest BCUT2D eigenvalue weighted by Gasteiger charge is -2.23. The highest BCUT2D eigenvalue weighted by atomic mass is 16.5. The number of nitrogens with zero attached hydrogens (tertiary/aromatic N) is 2. The second-order valence-corrected chi connectivity index (χ2v) is 16.2. The van der Waals surface area contributed by atoms with Crippen molar-refractivity contribution in [2.24, 2.45) is 0 Å². The molecule has 0 saturated heterocycles. The van der Waals surface area contributed by atoms with E-state index in [1.54, 1.807) is 0 Å². The van der Waals surface area contributed by atoms with Crippen LogP contribution in [0.25, 0.3) is 0 Å². The number of esters is 2. The first kappa shape index (κ1) is 52.9. The highest BCUT2D eigenvalue weighted by molar-refractivity contribution is 5.76. The van der Waals surface area contributed by atoms with Crippen LogP contribution in [0, 0.1) is 0 Å². The molecule has 0 unspecified atom stereocenters. The predicted molar refractivity (Wildman–Crippen MR) is 234 cm³/mol. The van der Waals surface area contributed by atoms with E-state index in [9.17, 15) is 14.4 Å². The molecule has 0 aliphatic rings. The number of hydrogen-bond donors (Lipinski definition) is 0. The first-order chi connectivity index (χ1) is 26.9. The normalized spacial score (nSPS) is 11.7. The Hall–Kier alpha value is -2.15. The molecule has 1 amide bonds. The Morgan fingerprint density at radius 2 is 0.764 bits per heavy atom. The van der Waals surface area contributed by atoms with E-state index in [2.05, 4.69) is 49.9 Å². The van der Waals surface area contributed by atoms with Crippen LogP contribution in [0.3, 0.4) is 0 Å². The van der Waals surface area contributed by atoms with Gasteiger partial charge in [-0.1, -0.05) is 167 Å². The summed E-state index contributed by atoms with van der Waals surface area (Å²) < 4.78 is 10.8. The molecule has 0 atom stereocenters. The van der Waals surface area contributed by atoms with E-state index in [1.165, 1.54) is 103 Å². The van der Waals surface area contributed by atoms with Gasteiger partial charge in [-0.15, -0.1) is 0 Å². The quantitative estimate of drug-likeness (QED) is 0.0349. The SMILES string of the molecule is CCCCCCCCCCC=CCOC(=O)CCCCCCCN(CCCCCCCC(=O)OCC=CCCCCCCCCCC)C(=O)CCCN(C)C. The van der Waals surface area contributed by atoms with E-state index in [0.717, 1.165) is 103 Å². The van der Waals surface area contributed by atoms with Gasteiger partial charge in [0.25, 0.3) is 0 Å². The molecule has 0 aromatic rings. The smallest absolute Gasteiger partial charge is 0.306 e. The van der Waals surface area contributed by atoms with Gasteiger partial charge in [-0.25, -0.2) is 0 Å². The predicted octanol–water partition coefficient (Wildman–Crippen LogP) is 13.1. The minimum Gasteiger partial charge on any atom is -0.461 e. The first-order valence-electron chi connectivity index (χ1n) is 23.4. The number of amides is 1. The summed E-state index contributed by atoms with van der Waals surface area (Å²) >= 11 is 0. The molecule has 0 heterocycles. The molecule has 0 aromatic carbocycles. The van der Waals surface area contributed by atoms with Crippen molar-refractivity contribution in [1.82, 2.24) is 9.80 Å². The van der Waals surface area contributed by atoms with Crippen molar-refractivity contribution in [1.29, 1.82) is 0 Å². The third-order valence-corrected chi connectivity index (χ3v) is 10.4. The Morgan fingerprint density at radius 1 is 0.400 bits per heavy atom. The van der Waals surface area contributed by atoms with Crippen LogP contribution in [0.2, 0.25) is 0 Å². The summed E-state index contributed by atoms with van der Waals surface area (Å²) in [5.74, 6) is 0.0721. The van der Waals surface area contributed by atoms with Gasteiger partial charge in [-0.05, 0) is 78.4 Å². The zero-order valence-corrected chi connectivity index (χ0v) is 36.9. The van der Waals surface area contributed by atoms with Crippen molar-refractivity contribution in [2.75, 3.05) is 46.9 Å². The van der Waals surface area contributed by atoms with Crippen LogP contribution in [0.5, 0.6) is 0 Å². The highest BCUT2D eigenvalue weighted by Gasteiger charge is 2.13. The monoisotopic (exact) mass is 775 g/mol. The third-order valence-electron chi connectivity index (χ3n) is 10.4. The molecule has 0 N–H and O–H groups in total. The molecule has 0 aliphatic carbocycles. The van der Waals surface area contributed by atoms with Gasteiger partial charge < -0.3 is 19.3 Å². The summed E-state index contributed by atoms with van der Waals surface area (Å²) in [6.45, 7) is 7.85. The minimum atomic E-state index is -0.0987. The average Bonchev–Trinajstić information content (AvgIpc) is 3.16. The molecule has 322 valence electrons. The van der Waals surface area contributed by atoms with Crippen molar-refractivity contribution in [3.63, 3.8) is 0 Å². The number of carbonyl (C=O) groups excluding carboxylic acids is 3. The Balaban J connectivity index is 3.99. The number of unbranched alkanes of at least 4 members (excludes halogenated alkanes) is 24. The van der Waals surface area contributed by atoms with Crippen LogP contribution < -0.4 is 0 Å². The molecule has 0 aromatic heterocycles. The van der Waals surface area contributed by atoms with Gasteiger partial charge in [0.05, 0.1) is 0 Å². The lowest BCUT2D eigenvalue weighted by atomic mass is 10.1. The molecule has 0 aliphatic heterocycles. The maximum atomic E-state index is 13.1. The van der Waals surface area contributed by atoms with Crippen molar-refractivity contribution in [2.45, 2.75) is 219 Å². The molecular weight excluding hydrogens is 685 g/mol. The topological polar surface area (TPSA) is 76.1 Å². The number of carbonyl (C=O) groups is 3. The molecular formula is C48H90N2O5. The Labute approximate surface area is 341 Å². The molecule has 0 bridgehead atoms. The number of hydrogen-bond acceptors (Lipinski definition) is 6. The number of allylic oxidation sites excluding steroid dienone is 2. The fraction of sp³-hybridized carbons (Fsp3) is 0.854. The summed E-state index contributed by atoms with van der Waals surface area (Å²) in [7, 11) is 4.10. The summed E-state index contributed by atoms with van der Waals surface area (Å²) in [5, 5.41) is 0. The van der Waals surface area contributed by atoms with E-state index in [0.29, 0.717) is 32.5 Å². The zero-order valence-electron chi connectivity index (χ0n) is 36.9. The summed E-state index contributed by atoms with van der Waals surface area (Å²) in [4.78, 5) is 41.5. The van der Waals surface area contributed by atoms with Crippen LogP contribution in [-0.4, -0.2) is 74.6 Å². The number of ether oxygens (including phenoxy) is 2. The number of rotatable bonds is 42. The molecule has 0 radical (unpaired) electrons. The molecule has 7 heteroatoms. The molecule has 7 nitrogen and oxygen atoms in total. The molecule has 0 fully saturated rings. The Bertz CT molecular complexity index is 858. The van der Waals surface area contributed by atoms with Gasteiger partial charge in [0.1, 0.15) is 13.2 Å². The van der Waals surface area contributed by atoms with Crippen LogP contribution in [0.4, 0.5) is 0 Å². The van der Waals surface area contributed by atoms with Gasteiger partial charge in [0, 0.05) is 32.4 Å². The standard InChI is InChI=1S/C48H90N2O5/c1-5-7-9-11-13-15-17-19-21-29-35-44-54-47(52)39-31-25-23-27-33-42-50(46(51)38-37-41-49(3)4)43-34-28-24-26-32-40-48(53)55-45-36-30-22-20-18-16-14-12-10-8-6-2/h29-30,35-36H,5-28,31-34,37-45H2,1-4H3. The van der Waals surface area contributed by atoms with E-state index in [4.69, 9.17) is 9.47 Å². The van der Waals surface area contributed by atoms with Gasteiger partial charge in [-0.2, -0.15) is 0 Å². The van der Waals surface area contributed by atoms with Gasteiger partial charge >= 0.3 is 11.9 Å². The van der Waals surface area contributed by atoms with E-state index in [1.807, 2.05) is 12.2 Å². The van der Waals surface area contributed by atoms with E-state index >= 15 is 0 Å². The lowest BCUT2D eigenvalue weighted by molar-refractivity contribution is -0.143. The molecule has 55 heavy (non-hydrogen) atoms. The van der Waals surface area contributed by atoms with Crippen molar-refractivity contribution in [3.05, 3.63) is 24.3 Å². The average molecular weight is 775 g/mol. The van der Waals surface area contributed by atoms with Crippen LogP contribution >= 0.6 is 0 Å². The Kier molecular flexibility index (Phi) is 41.3. The van der Waals surface area contributed by atoms with Crippen LogP contribution in [-0.2, 0) is 23.9 Å². The maximum absolute atomic E-state index is 13.1. The third kappa shape index (κ3) is 41.3. The first-order valence-corrected chi connectivity index (χ1v) is 23.4. The van der Waals surface area contributed by atoms with Crippen molar-refractivity contribution < 1.29 is 23.9 Å². The fourth-order valence-electron chi connectivity index (χ4n) is 6.86. The van der Waals surface area contributed by atoms with Gasteiger partial charge in [0.2, 0.25) is 5.91 Å². The molecule has 0 spiro atoms. The summed E-state index contributed by atoms with van der Waals surface area (Å²) in [5.41, 5.74) is 0. The Morgan fingerprint density at radius 3 is 1.16 bits per heavy atom. The second-order valence-electron chi connectivity index (χ2n) is 16.2. The molecule has 0 saturated carbocycles. The van der Waals surface area contributed by atoms with Gasteiger partial charge in [-0.3, -0.25) is 14.4 Å². The fourth-order valence-corrected chi connectivity index (χ4v) is 6.86. The highest BCUT2D eigenvalue weighted by Crippen LogP contribution is 2.13. The maximum Gasteiger partial charge on any atom is 0.306 e. The van der Waals surface area contributed by atoms with Crippen LogP contribution in [0.15, 0.2) is 24.3 Å². The van der Waals surface area contributed by atoms with Gasteiger partial charge in [0.15, 0.2) is 0 Å².